The van der Waals surface area contributed by atoms with E-state index in [4.69, 9.17) is 0 Å². The molecule has 0 unspecified atom stereocenters. The molecule has 1 heterocycles. The van der Waals surface area contributed by atoms with Gasteiger partial charge in [0, 0.05) is 19.4 Å². The molecule has 0 radical (unpaired) electrons. The van der Waals surface area contributed by atoms with Crippen LogP contribution in [0.15, 0.2) is 0 Å². The van der Waals surface area contributed by atoms with Crippen molar-refractivity contribution in [3.63, 3.8) is 0 Å². The van der Waals surface area contributed by atoms with E-state index in [-0.39, 0.29) is 6.42 Å². The molecule has 0 amide bonds. The Labute approximate surface area is 65.2 Å². The molecule has 0 saturated carbocycles. The smallest absolute Gasteiger partial charge is 0.309 e. The average molecular weight is 159 g/mol. The zero-order valence-corrected chi connectivity index (χ0v) is 6.29. The Morgan fingerprint density at radius 2 is 2.09 bits per heavy atom. The van der Waals surface area contributed by atoms with Crippen LogP contribution in [0.3, 0.4) is 0 Å². The molecule has 1 aliphatic rings. The topological polar surface area (TPSA) is 12.0 Å². The summed E-state index contributed by atoms with van der Waals surface area (Å²) in [5, 5.41) is 2.92. The van der Waals surface area contributed by atoms with Gasteiger partial charge in [0.15, 0.2) is 0 Å². The molecular weight excluding hydrogens is 148 g/mol. The van der Waals surface area contributed by atoms with Crippen molar-refractivity contribution in [2.75, 3.05) is 13.1 Å². The zero-order valence-electron chi connectivity index (χ0n) is 6.29. The normalized spacial score (nSPS) is 23.8. The first kappa shape index (κ1) is 8.48. The van der Waals surface area contributed by atoms with Crippen LogP contribution < -0.4 is 5.32 Å². The first-order valence-corrected chi connectivity index (χ1v) is 3.79. The molecule has 1 rings (SSSR count). The van der Waals surface area contributed by atoms with Gasteiger partial charge in [0.25, 0.3) is 0 Å². The van der Waals surface area contributed by atoms with Crippen LogP contribution in [0.4, 0.5) is 8.78 Å². The van der Waals surface area contributed by atoms with Gasteiger partial charge in [0.2, 0.25) is 0 Å². The second-order valence-corrected chi connectivity index (χ2v) is 2.61. The quantitative estimate of drug-likeness (QED) is 0.527. The van der Waals surface area contributed by atoms with Crippen LogP contribution in [0, 0.1) is 11.8 Å². The van der Waals surface area contributed by atoms with E-state index in [2.05, 4.69) is 11.2 Å². The molecular formula is C8H11F2N. The van der Waals surface area contributed by atoms with Crippen LogP contribution in [0.1, 0.15) is 19.3 Å². The van der Waals surface area contributed by atoms with Crippen molar-refractivity contribution in [3.05, 3.63) is 0 Å². The SMILES string of the molecule is FC1(F)C#CCCCNCC1. The zero-order chi connectivity index (χ0) is 8.16. The minimum atomic E-state index is -2.78. The van der Waals surface area contributed by atoms with Crippen molar-refractivity contribution in [3.8, 4) is 11.8 Å². The molecule has 0 aliphatic carbocycles. The van der Waals surface area contributed by atoms with Gasteiger partial charge in [-0.1, -0.05) is 5.92 Å². The number of hydrogen-bond donors (Lipinski definition) is 1. The van der Waals surface area contributed by atoms with Crippen molar-refractivity contribution in [2.45, 2.75) is 25.2 Å². The van der Waals surface area contributed by atoms with E-state index < -0.39 is 5.92 Å². The number of nitrogens with one attached hydrogen (secondary N) is 1. The summed E-state index contributed by atoms with van der Waals surface area (Å²) in [6.07, 6.45) is 1.27. The summed E-state index contributed by atoms with van der Waals surface area (Å²) >= 11 is 0. The van der Waals surface area contributed by atoms with Crippen molar-refractivity contribution in [1.29, 1.82) is 0 Å². The molecule has 0 spiro atoms. The summed E-state index contributed by atoms with van der Waals surface area (Å²) in [5.74, 6) is 1.67. The highest BCUT2D eigenvalue weighted by Crippen LogP contribution is 2.16. The minimum Gasteiger partial charge on any atom is -0.316 e. The maximum Gasteiger partial charge on any atom is 0.309 e. The Balaban J connectivity index is 2.51. The second-order valence-electron chi connectivity index (χ2n) is 2.61. The molecule has 0 aromatic carbocycles. The maximum atomic E-state index is 12.6. The molecule has 0 aromatic heterocycles. The van der Waals surface area contributed by atoms with Crippen molar-refractivity contribution in [1.82, 2.24) is 5.32 Å². The van der Waals surface area contributed by atoms with Crippen LogP contribution in [0.25, 0.3) is 0 Å². The monoisotopic (exact) mass is 159 g/mol. The van der Waals surface area contributed by atoms with Gasteiger partial charge in [-0.25, -0.2) is 0 Å². The van der Waals surface area contributed by atoms with Gasteiger partial charge < -0.3 is 5.32 Å². The van der Waals surface area contributed by atoms with Crippen molar-refractivity contribution >= 4 is 0 Å². The van der Waals surface area contributed by atoms with E-state index in [0.717, 1.165) is 13.0 Å². The van der Waals surface area contributed by atoms with Gasteiger partial charge in [0.05, 0.1) is 0 Å². The molecule has 3 heteroatoms. The number of hydrogen-bond acceptors (Lipinski definition) is 1. The third kappa shape index (κ3) is 3.33. The summed E-state index contributed by atoms with van der Waals surface area (Å²) in [5.41, 5.74) is 0. The fourth-order valence-electron chi connectivity index (χ4n) is 0.926. The molecule has 1 nitrogen and oxygen atoms in total. The Bertz CT molecular complexity index is 178. The van der Waals surface area contributed by atoms with Gasteiger partial charge in [-0.05, 0) is 18.9 Å². The Hall–Kier alpha value is -0.620. The summed E-state index contributed by atoms with van der Waals surface area (Å²) in [6.45, 7) is 1.16. The highest BCUT2D eigenvalue weighted by molar-refractivity contribution is 5.09. The number of alkyl halides is 2. The Morgan fingerprint density at radius 1 is 1.27 bits per heavy atom. The summed E-state index contributed by atoms with van der Waals surface area (Å²) in [7, 11) is 0. The Kier molecular flexibility index (Phi) is 2.84. The lowest BCUT2D eigenvalue weighted by molar-refractivity contribution is 0.0573. The fraction of sp³-hybridized carbons (Fsp3) is 0.750. The van der Waals surface area contributed by atoms with E-state index in [1.165, 1.54) is 0 Å². The molecule has 11 heavy (non-hydrogen) atoms. The van der Waals surface area contributed by atoms with Gasteiger partial charge in [-0.2, -0.15) is 8.78 Å². The highest BCUT2D eigenvalue weighted by atomic mass is 19.3. The first-order chi connectivity index (χ1) is 5.21. The average Bonchev–Trinajstić information content (AvgIpc) is 2.00. The molecule has 1 N–H and O–H groups in total. The lowest BCUT2D eigenvalue weighted by atomic mass is 10.2. The lowest BCUT2D eigenvalue weighted by Crippen LogP contribution is -2.23. The van der Waals surface area contributed by atoms with Crippen molar-refractivity contribution in [2.24, 2.45) is 0 Å². The molecule has 0 fully saturated rings. The third-order valence-corrected chi connectivity index (χ3v) is 1.54. The fourth-order valence-corrected chi connectivity index (χ4v) is 0.926. The van der Waals surface area contributed by atoms with Gasteiger partial charge in [-0.15, -0.1) is 0 Å². The predicted molar refractivity (Wildman–Crippen MR) is 39.4 cm³/mol. The van der Waals surface area contributed by atoms with E-state index in [1.807, 2.05) is 5.92 Å². The van der Waals surface area contributed by atoms with Crippen molar-refractivity contribution < 1.29 is 8.78 Å². The van der Waals surface area contributed by atoms with Gasteiger partial charge in [0.1, 0.15) is 0 Å². The summed E-state index contributed by atoms with van der Waals surface area (Å²) in [6, 6.07) is 0. The van der Waals surface area contributed by atoms with E-state index in [0.29, 0.717) is 13.0 Å². The van der Waals surface area contributed by atoms with E-state index in [1.54, 1.807) is 0 Å². The van der Waals surface area contributed by atoms with Crippen LogP contribution in [-0.4, -0.2) is 19.0 Å². The van der Waals surface area contributed by atoms with Crippen LogP contribution in [0.5, 0.6) is 0 Å². The standard InChI is InChI=1S/C8H11F2N/c9-8(10)4-2-1-3-6-11-7-5-8/h11H,1,3,5-7H2. The molecule has 62 valence electrons. The molecule has 0 bridgehead atoms. The predicted octanol–water partition coefficient (Wildman–Crippen LogP) is 1.40. The first-order valence-electron chi connectivity index (χ1n) is 3.79. The number of halogens is 2. The maximum absolute atomic E-state index is 12.6. The number of rotatable bonds is 0. The van der Waals surface area contributed by atoms with Crippen LogP contribution in [-0.2, 0) is 0 Å². The molecule has 1 aliphatic heterocycles. The summed E-state index contributed by atoms with van der Waals surface area (Å²) in [4.78, 5) is 0. The minimum absolute atomic E-state index is 0.167. The van der Waals surface area contributed by atoms with Gasteiger partial charge >= 0.3 is 5.92 Å². The van der Waals surface area contributed by atoms with E-state index in [9.17, 15) is 8.78 Å². The highest BCUT2D eigenvalue weighted by Gasteiger charge is 2.24. The second kappa shape index (κ2) is 3.68. The lowest BCUT2D eigenvalue weighted by Gasteiger charge is -2.07. The van der Waals surface area contributed by atoms with Gasteiger partial charge in [-0.3, -0.25) is 0 Å². The molecule has 0 saturated heterocycles. The molecule has 0 atom stereocenters. The Morgan fingerprint density at radius 3 is 2.91 bits per heavy atom. The molecule has 0 aromatic rings. The summed E-state index contributed by atoms with van der Waals surface area (Å²) < 4.78 is 25.2. The third-order valence-electron chi connectivity index (χ3n) is 1.54. The van der Waals surface area contributed by atoms with Crippen LogP contribution in [0.2, 0.25) is 0 Å². The van der Waals surface area contributed by atoms with E-state index >= 15 is 0 Å². The van der Waals surface area contributed by atoms with Crippen LogP contribution >= 0.6 is 0 Å². The largest absolute Gasteiger partial charge is 0.316 e.